The molecule has 1 aromatic carbocycles. The fraction of sp³-hybridized carbons (Fsp3) is 0.200. The summed E-state index contributed by atoms with van der Waals surface area (Å²) in [5.41, 5.74) is 3.73. The molecule has 0 spiro atoms. The van der Waals surface area contributed by atoms with Crippen LogP contribution >= 0.6 is 0 Å². The number of nitrogens with one attached hydrogen (secondary N) is 1. The molecule has 3 N–H and O–H groups in total. The molecule has 1 aromatic rings. The lowest BCUT2D eigenvalue weighted by atomic mass is 10.3. The van der Waals surface area contributed by atoms with Crippen LogP contribution < -0.4 is 16.4 Å². The molecule has 1 aliphatic heterocycles. The fourth-order valence-electron chi connectivity index (χ4n) is 1.45. The Hall–Kier alpha value is -1.52. The molecular weight excluding hydrogens is 176 g/mol. The Balaban J connectivity index is 2.18. The summed E-state index contributed by atoms with van der Waals surface area (Å²) < 4.78 is 0. The van der Waals surface area contributed by atoms with Crippen molar-refractivity contribution < 1.29 is 0 Å². The molecule has 1 aliphatic rings. The van der Waals surface area contributed by atoms with Crippen molar-refractivity contribution in [2.45, 2.75) is 13.3 Å². The highest BCUT2D eigenvalue weighted by molar-refractivity contribution is 5.57. The van der Waals surface area contributed by atoms with Crippen molar-refractivity contribution in [3.63, 3.8) is 0 Å². The summed E-state index contributed by atoms with van der Waals surface area (Å²) in [6, 6.07) is 10.1. The van der Waals surface area contributed by atoms with Gasteiger partial charge in [0, 0.05) is 0 Å². The summed E-state index contributed by atoms with van der Waals surface area (Å²) in [5.74, 6) is 6.47. The van der Waals surface area contributed by atoms with E-state index >= 15 is 0 Å². The van der Waals surface area contributed by atoms with Gasteiger partial charge in [0.05, 0.1) is 5.69 Å². The maximum atomic E-state index is 5.38. The Morgan fingerprint density at radius 2 is 2.07 bits per heavy atom. The van der Waals surface area contributed by atoms with E-state index in [9.17, 15) is 0 Å². The minimum atomic E-state index is 0.997. The molecule has 0 aliphatic carbocycles. The van der Waals surface area contributed by atoms with Crippen molar-refractivity contribution in [2.75, 3.05) is 5.01 Å². The van der Waals surface area contributed by atoms with Crippen LogP contribution in [0.25, 0.3) is 0 Å². The van der Waals surface area contributed by atoms with Gasteiger partial charge in [0.25, 0.3) is 0 Å². The van der Waals surface area contributed by atoms with Crippen LogP contribution in [0.1, 0.15) is 13.3 Å². The molecule has 4 nitrogen and oxygen atoms in total. The van der Waals surface area contributed by atoms with Gasteiger partial charge in [-0.25, -0.2) is 5.01 Å². The van der Waals surface area contributed by atoms with Gasteiger partial charge in [-0.2, -0.15) is 10.7 Å². The lowest BCUT2D eigenvalue weighted by Crippen LogP contribution is -2.31. The number of rotatable bonds is 3. The van der Waals surface area contributed by atoms with Crippen LogP contribution in [0.3, 0.4) is 0 Å². The van der Waals surface area contributed by atoms with E-state index < -0.39 is 0 Å². The van der Waals surface area contributed by atoms with E-state index in [-0.39, 0.29) is 0 Å². The molecule has 74 valence electrons. The van der Waals surface area contributed by atoms with Gasteiger partial charge in [-0.05, 0) is 24.6 Å². The largest absolute Gasteiger partial charge is 0.252 e. The normalized spacial score (nSPS) is 17.7. The molecule has 1 fully saturated rings. The van der Waals surface area contributed by atoms with Gasteiger partial charge in [-0.3, -0.25) is 5.84 Å². The van der Waals surface area contributed by atoms with Gasteiger partial charge in [-0.1, -0.05) is 25.1 Å². The molecule has 0 unspecified atom stereocenters. The highest BCUT2D eigenvalue weighted by atomic mass is 16.0. The standard InChI is InChI=1S/C10H14N4/c1-2-6-10-13(14(10)12-11)9-7-4-3-5-8-9/h3-8,12H,2,11H2,1H3. The van der Waals surface area contributed by atoms with Crippen LogP contribution in [0.4, 0.5) is 5.69 Å². The summed E-state index contributed by atoms with van der Waals surface area (Å²) in [7, 11) is 0. The Morgan fingerprint density at radius 3 is 2.64 bits per heavy atom. The number of nitrogens with two attached hydrogens (primary N) is 1. The number of hydrazine groups is 3. The smallest absolute Gasteiger partial charge is 0.163 e. The van der Waals surface area contributed by atoms with Crippen molar-refractivity contribution in [1.82, 2.24) is 10.7 Å². The van der Waals surface area contributed by atoms with Gasteiger partial charge in [0.1, 0.15) is 0 Å². The molecule has 2 rings (SSSR count). The second-order valence-corrected chi connectivity index (χ2v) is 3.06. The topological polar surface area (TPSA) is 44.1 Å². The molecular formula is C10H14N4. The fourth-order valence-corrected chi connectivity index (χ4v) is 1.45. The number of anilines is 1. The molecule has 0 saturated carbocycles. The summed E-state index contributed by atoms with van der Waals surface area (Å²) >= 11 is 0. The molecule has 0 amide bonds. The third kappa shape index (κ3) is 1.45. The Kier molecular flexibility index (Phi) is 2.39. The van der Waals surface area contributed by atoms with E-state index in [0.29, 0.717) is 0 Å². The van der Waals surface area contributed by atoms with E-state index in [1.54, 1.807) is 5.12 Å². The van der Waals surface area contributed by atoms with E-state index in [1.807, 2.05) is 35.3 Å². The van der Waals surface area contributed by atoms with Crippen LogP contribution in [-0.2, 0) is 0 Å². The van der Waals surface area contributed by atoms with E-state index in [4.69, 9.17) is 5.84 Å². The quantitative estimate of drug-likeness (QED) is 0.429. The Morgan fingerprint density at radius 1 is 1.36 bits per heavy atom. The molecule has 0 radical (unpaired) electrons. The number of allylic oxidation sites excluding steroid dienone is 1. The van der Waals surface area contributed by atoms with E-state index in [0.717, 1.165) is 17.9 Å². The first kappa shape index (κ1) is 9.05. The summed E-state index contributed by atoms with van der Waals surface area (Å²) in [4.78, 5) is 0. The average molecular weight is 190 g/mol. The van der Waals surface area contributed by atoms with Gasteiger partial charge in [0.2, 0.25) is 0 Å². The van der Waals surface area contributed by atoms with Gasteiger partial charge in [-0.15, -0.1) is 0 Å². The maximum Gasteiger partial charge on any atom is 0.163 e. The maximum absolute atomic E-state index is 5.38. The highest BCUT2D eigenvalue weighted by Crippen LogP contribution is 2.34. The molecule has 0 bridgehead atoms. The first-order valence-corrected chi connectivity index (χ1v) is 4.70. The predicted molar refractivity (Wildman–Crippen MR) is 56.5 cm³/mol. The van der Waals surface area contributed by atoms with Crippen molar-refractivity contribution >= 4 is 5.69 Å². The highest BCUT2D eigenvalue weighted by Gasteiger charge is 2.37. The SMILES string of the molecule is CCC=C1N(NN)N1c1ccccc1. The predicted octanol–water partition coefficient (Wildman–Crippen LogP) is 1.35. The Labute approximate surface area is 83.5 Å². The molecule has 0 aromatic heterocycles. The number of hydrogen-bond acceptors (Lipinski definition) is 4. The summed E-state index contributed by atoms with van der Waals surface area (Å²) in [6.45, 7) is 2.10. The second-order valence-electron chi connectivity index (χ2n) is 3.06. The zero-order chi connectivity index (χ0) is 9.97. The number of para-hydroxylation sites is 1. The van der Waals surface area contributed by atoms with Gasteiger partial charge in [0.15, 0.2) is 5.82 Å². The summed E-state index contributed by atoms with van der Waals surface area (Å²) in [5, 5.41) is 3.82. The van der Waals surface area contributed by atoms with Crippen LogP contribution in [0.5, 0.6) is 0 Å². The number of benzene rings is 1. The van der Waals surface area contributed by atoms with Gasteiger partial charge >= 0.3 is 0 Å². The molecule has 14 heavy (non-hydrogen) atoms. The minimum Gasteiger partial charge on any atom is -0.252 e. The third-order valence-electron chi connectivity index (χ3n) is 2.10. The first-order valence-electron chi connectivity index (χ1n) is 4.70. The van der Waals surface area contributed by atoms with Crippen LogP contribution in [-0.4, -0.2) is 5.12 Å². The minimum absolute atomic E-state index is 0.997. The zero-order valence-corrected chi connectivity index (χ0v) is 8.14. The van der Waals surface area contributed by atoms with E-state index in [2.05, 4.69) is 18.5 Å². The van der Waals surface area contributed by atoms with Crippen molar-refractivity contribution in [3.05, 3.63) is 42.2 Å². The number of nitrogens with zero attached hydrogens (tertiary/aromatic N) is 2. The Bertz CT molecular complexity index is 333. The average Bonchev–Trinajstić information content (AvgIpc) is 2.93. The lowest BCUT2D eigenvalue weighted by Gasteiger charge is -2.01. The van der Waals surface area contributed by atoms with Gasteiger partial charge < -0.3 is 0 Å². The molecule has 1 heterocycles. The first-order chi connectivity index (χ1) is 6.88. The van der Waals surface area contributed by atoms with Crippen molar-refractivity contribution in [3.8, 4) is 0 Å². The van der Waals surface area contributed by atoms with Crippen LogP contribution in [0, 0.1) is 0 Å². The molecule has 1 saturated heterocycles. The third-order valence-corrected chi connectivity index (χ3v) is 2.10. The molecule has 0 atom stereocenters. The monoisotopic (exact) mass is 190 g/mol. The molecule has 4 heteroatoms. The van der Waals surface area contributed by atoms with Crippen molar-refractivity contribution in [2.24, 2.45) is 5.84 Å². The second kappa shape index (κ2) is 3.69. The zero-order valence-electron chi connectivity index (χ0n) is 8.14. The van der Waals surface area contributed by atoms with Crippen LogP contribution in [0.2, 0.25) is 0 Å². The van der Waals surface area contributed by atoms with E-state index in [1.165, 1.54) is 0 Å². The lowest BCUT2D eigenvalue weighted by molar-refractivity contribution is 0.421. The summed E-state index contributed by atoms with van der Waals surface area (Å²) in [6.07, 6.45) is 3.11. The van der Waals surface area contributed by atoms with Crippen molar-refractivity contribution in [1.29, 1.82) is 0 Å². The number of hydrogen-bond donors (Lipinski definition) is 2. The van der Waals surface area contributed by atoms with Crippen LogP contribution in [0.15, 0.2) is 42.2 Å².